The summed E-state index contributed by atoms with van der Waals surface area (Å²) in [6.45, 7) is 1.82. The van der Waals surface area contributed by atoms with E-state index in [0.29, 0.717) is 21.6 Å². The molecule has 3 rings (SSSR count). The summed E-state index contributed by atoms with van der Waals surface area (Å²) in [5.41, 5.74) is 6.02. The lowest BCUT2D eigenvalue weighted by Crippen LogP contribution is -2.42. The molecule has 0 fully saturated rings. The lowest BCUT2D eigenvalue weighted by Gasteiger charge is -2.09. The maximum absolute atomic E-state index is 12.1. The molecule has 28 heavy (non-hydrogen) atoms. The van der Waals surface area contributed by atoms with Crippen molar-refractivity contribution in [1.29, 1.82) is 0 Å². The molecular weight excluding hydrogens is 466 g/mol. The fourth-order valence-electron chi connectivity index (χ4n) is 2.31. The van der Waals surface area contributed by atoms with Gasteiger partial charge in [-0.25, -0.2) is 0 Å². The molecule has 0 aliphatic rings. The van der Waals surface area contributed by atoms with E-state index in [1.165, 1.54) is 11.8 Å². The van der Waals surface area contributed by atoms with Crippen molar-refractivity contribution < 1.29 is 9.59 Å². The maximum atomic E-state index is 12.1. The fraction of sp³-hybridized carbons (Fsp3) is 0.111. The van der Waals surface area contributed by atoms with Crippen molar-refractivity contribution >= 4 is 51.1 Å². The van der Waals surface area contributed by atoms with Gasteiger partial charge in [-0.05, 0) is 49.4 Å². The standard InChI is InChI=1S/C18H15BrClN5O2S/c1-11-21-24-18(25(11)15-4-2-3-14(20)9-15)28-10-16(26)22-23-17(27)12-5-7-13(19)8-6-12/h2-9H,10H2,1H3,(H,22,26)(H,23,27). The first-order valence-electron chi connectivity index (χ1n) is 8.09. The van der Waals surface area contributed by atoms with E-state index in [0.717, 1.165) is 10.2 Å². The first-order chi connectivity index (χ1) is 13.4. The minimum absolute atomic E-state index is 0.0549. The molecule has 0 saturated heterocycles. The first-order valence-corrected chi connectivity index (χ1v) is 10.2. The molecule has 0 saturated carbocycles. The van der Waals surface area contributed by atoms with Crippen LogP contribution in [0.4, 0.5) is 0 Å². The van der Waals surface area contributed by atoms with Gasteiger partial charge < -0.3 is 0 Å². The highest BCUT2D eigenvalue weighted by molar-refractivity contribution is 9.10. The Morgan fingerprint density at radius 1 is 1.14 bits per heavy atom. The van der Waals surface area contributed by atoms with Gasteiger partial charge in [0.2, 0.25) is 5.91 Å². The monoisotopic (exact) mass is 479 g/mol. The summed E-state index contributed by atoms with van der Waals surface area (Å²) in [5.74, 6) is -0.0365. The van der Waals surface area contributed by atoms with Crippen LogP contribution in [-0.4, -0.2) is 32.3 Å². The van der Waals surface area contributed by atoms with E-state index in [2.05, 4.69) is 37.0 Å². The van der Waals surface area contributed by atoms with E-state index >= 15 is 0 Å². The number of nitrogens with one attached hydrogen (secondary N) is 2. The zero-order valence-electron chi connectivity index (χ0n) is 14.6. The smallest absolute Gasteiger partial charge is 0.269 e. The van der Waals surface area contributed by atoms with E-state index in [-0.39, 0.29) is 11.7 Å². The number of aryl methyl sites for hydroxylation is 1. The molecule has 1 aromatic heterocycles. The van der Waals surface area contributed by atoms with Gasteiger partial charge in [0.1, 0.15) is 5.82 Å². The lowest BCUT2D eigenvalue weighted by molar-refractivity contribution is -0.119. The number of carbonyl (C=O) groups excluding carboxylic acids is 2. The molecule has 3 aromatic rings. The van der Waals surface area contributed by atoms with Gasteiger partial charge in [0, 0.05) is 15.1 Å². The van der Waals surface area contributed by atoms with Crippen molar-refractivity contribution in [3.05, 3.63) is 69.4 Å². The molecule has 2 aromatic carbocycles. The third-order valence-electron chi connectivity index (χ3n) is 3.62. The second kappa shape index (κ2) is 9.22. The molecule has 0 unspecified atom stereocenters. The van der Waals surface area contributed by atoms with Crippen LogP contribution in [0.25, 0.3) is 5.69 Å². The van der Waals surface area contributed by atoms with Gasteiger partial charge in [0.25, 0.3) is 5.91 Å². The van der Waals surface area contributed by atoms with Crippen molar-refractivity contribution in [3.8, 4) is 5.69 Å². The van der Waals surface area contributed by atoms with Gasteiger partial charge >= 0.3 is 0 Å². The first kappa shape index (κ1) is 20.4. The zero-order valence-corrected chi connectivity index (χ0v) is 17.8. The topological polar surface area (TPSA) is 88.9 Å². The highest BCUT2D eigenvalue weighted by atomic mass is 79.9. The number of thioether (sulfide) groups is 1. The largest absolute Gasteiger partial charge is 0.274 e. The van der Waals surface area contributed by atoms with Crippen LogP contribution >= 0.6 is 39.3 Å². The normalized spacial score (nSPS) is 10.5. The van der Waals surface area contributed by atoms with Crippen LogP contribution in [-0.2, 0) is 4.79 Å². The van der Waals surface area contributed by atoms with Crippen LogP contribution in [0.2, 0.25) is 5.02 Å². The average molecular weight is 481 g/mol. The molecule has 0 spiro atoms. The minimum Gasteiger partial charge on any atom is -0.274 e. The number of hydrazine groups is 1. The SMILES string of the molecule is Cc1nnc(SCC(=O)NNC(=O)c2ccc(Br)cc2)n1-c1cccc(Cl)c1. The average Bonchev–Trinajstić information content (AvgIpc) is 3.05. The number of hydrogen-bond donors (Lipinski definition) is 2. The second-order valence-electron chi connectivity index (χ2n) is 5.64. The van der Waals surface area contributed by atoms with Gasteiger partial charge in [-0.15, -0.1) is 10.2 Å². The van der Waals surface area contributed by atoms with Crippen LogP contribution in [0.15, 0.2) is 58.2 Å². The van der Waals surface area contributed by atoms with Crippen LogP contribution in [0, 0.1) is 6.92 Å². The summed E-state index contributed by atoms with van der Waals surface area (Å²) >= 11 is 10.6. The van der Waals surface area contributed by atoms with Gasteiger partial charge in [0.15, 0.2) is 5.16 Å². The lowest BCUT2D eigenvalue weighted by atomic mass is 10.2. The van der Waals surface area contributed by atoms with Crippen LogP contribution in [0.1, 0.15) is 16.2 Å². The molecule has 0 aliphatic heterocycles. The Hall–Kier alpha value is -2.36. The Kier molecular flexibility index (Phi) is 6.71. The highest BCUT2D eigenvalue weighted by Crippen LogP contribution is 2.23. The summed E-state index contributed by atoms with van der Waals surface area (Å²) in [5, 5.41) is 9.31. The summed E-state index contributed by atoms with van der Waals surface area (Å²) < 4.78 is 2.67. The molecule has 144 valence electrons. The molecule has 0 bridgehead atoms. The van der Waals surface area contributed by atoms with Crippen LogP contribution in [0.3, 0.4) is 0 Å². The third kappa shape index (κ3) is 5.12. The molecule has 1 heterocycles. The third-order valence-corrected chi connectivity index (χ3v) is 5.31. The van der Waals surface area contributed by atoms with Crippen molar-refractivity contribution in [3.63, 3.8) is 0 Å². The van der Waals surface area contributed by atoms with E-state index in [4.69, 9.17) is 11.6 Å². The molecule has 0 aliphatic carbocycles. The Labute approximate surface area is 179 Å². The van der Waals surface area contributed by atoms with Crippen molar-refractivity contribution in [2.75, 3.05) is 5.75 Å². The molecule has 0 radical (unpaired) electrons. The van der Waals surface area contributed by atoms with Crippen molar-refractivity contribution in [1.82, 2.24) is 25.6 Å². The predicted octanol–water partition coefficient (Wildman–Crippen LogP) is 3.54. The highest BCUT2D eigenvalue weighted by Gasteiger charge is 2.14. The number of halogens is 2. The Balaban J connectivity index is 1.58. The summed E-state index contributed by atoms with van der Waals surface area (Å²) in [6, 6.07) is 14.1. The summed E-state index contributed by atoms with van der Waals surface area (Å²) in [4.78, 5) is 24.1. The number of aromatic nitrogens is 3. The molecule has 0 atom stereocenters. The van der Waals surface area contributed by atoms with E-state index in [1.54, 1.807) is 36.4 Å². The van der Waals surface area contributed by atoms with Gasteiger partial charge in [-0.1, -0.05) is 45.4 Å². The molecule has 2 N–H and O–H groups in total. The van der Waals surface area contributed by atoms with Gasteiger partial charge in [0.05, 0.1) is 11.4 Å². The second-order valence-corrected chi connectivity index (χ2v) is 7.94. The molecular formula is C18H15BrClN5O2S. The van der Waals surface area contributed by atoms with Crippen LogP contribution in [0.5, 0.6) is 0 Å². The predicted molar refractivity (Wildman–Crippen MR) is 112 cm³/mol. The Bertz CT molecular complexity index is 1010. The summed E-state index contributed by atoms with van der Waals surface area (Å²) in [7, 11) is 0. The Morgan fingerprint density at radius 2 is 1.89 bits per heavy atom. The Morgan fingerprint density at radius 3 is 2.61 bits per heavy atom. The van der Waals surface area contributed by atoms with Gasteiger partial charge in [-0.2, -0.15) is 0 Å². The maximum Gasteiger partial charge on any atom is 0.269 e. The minimum atomic E-state index is -0.399. The van der Waals surface area contributed by atoms with E-state index < -0.39 is 5.91 Å². The number of benzene rings is 2. The molecule has 7 nitrogen and oxygen atoms in total. The van der Waals surface area contributed by atoms with E-state index in [1.807, 2.05) is 23.6 Å². The summed E-state index contributed by atoms with van der Waals surface area (Å²) in [6.07, 6.45) is 0. The number of rotatable bonds is 5. The van der Waals surface area contributed by atoms with Crippen molar-refractivity contribution in [2.45, 2.75) is 12.1 Å². The van der Waals surface area contributed by atoms with E-state index in [9.17, 15) is 9.59 Å². The number of carbonyl (C=O) groups is 2. The fourth-order valence-corrected chi connectivity index (χ4v) is 3.56. The van der Waals surface area contributed by atoms with Crippen molar-refractivity contribution in [2.24, 2.45) is 0 Å². The molecule has 10 heteroatoms. The van der Waals surface area contributed by atoms with Gasteiger partial charge in [-0.3, -0.25) is 25.0 Å². The zero-order chi connectivity index (χ0) is 20.1. The number of hydrogen-bond acceptors (Lipinski definition) is 5. The molecule has 2 amide bonds. The quantitative estimate of drug-likeness (QED) is 0.431. The van der Waals surface area contributed by atoms with Crippen LogP contribution < -0.4 is 10.9 Å². The number of amides is 2. The number of nitrogens with zero attached hydrogens (tertiary/aromatic N) is 3.